The van der Waals surface area contributed by atoms with Crippen LogP contribution >= 0.6 is 11.6 Å². The first-order chi connectivity index (χ1) is 10.6. The summed E-state index contributed by atoms with van der Waals surface area (Å²) >= 11 is 5.84. The zero-order valence-electron chi connectivity index (χ0n) is 12.2. The Morgan fingerprint density at radius 2 is 1.68 bits per heavy atom. The Bertz CT molecular complexity index is 644. The lowest BCUT2D eigenvalue weighted by atomic mass is 10.2. The van der Waals surface area contributed by atoms with E-state index in [2.05, 4.69) is 5.10 Å². The van der Waals surface area contributed by atoms with E-state index in [-0.39, 0.29) is 24.5 Å². The molecule has 0 radical (unpaired) electrons. The highest BCUT2D eigenvalue weighted by atomic mass is 35.5. The number of carbonyl (C=O) groups excluding carboxylic acids is 2. The van der Waals surface area contributed by atoms with Gasteiger partial charge in [0.2, 0.25) is 0 Å². The molecule has 0 atom stereocenters. The lowest BCUT2D eigenvalue weighted by Gasteiger charge is -2.01. The van der Waals surface area contributed by atoms with Gasteiger partial charge in [-0.1, -0.05) is 11.6 Å². The van der Waals surface area contributed by atoms with Crippen molar-refractivity contribution in [3.8, 4) is 5.69 Å². The van der Waals surface area contributed by atoms with Crippen LogP contribution in [0.15, 0.2) is 30.5 Å². The lowest BCUT2D eigenvalue weighted by molar-refractivity contribution is 0.0475. The van der Waals surface area contributed by atoms with Crippen LogP contribution in [0.3, 0.4) is 0 Å². The molecule has 6 nitrogen and oxygen atoms in total. The molecule has 1 aromatic heterocycles. The summed E-state index contributed by atoms with van der Waals surface area (Å²) in [6, 6.07) is 6.82. The summed E-state index contributed by atoms with van der Waals surface area (Å²) in [5.41, 5.74) is 0.649. The Labute approximate surface area is 132 Å². The molecule has 0 saturated carbocycles. The highest BCUT2D eigenvalue weighted by Gasteiger charge is 2.24. The van der Waals surface area contributed by atoms with E-state index in [9.17, 15) is 9.59 Å². The molecular formula is C15H15ClN2O4. The van der Waals surface area contributed by atoms with E-state index in [1.165, 1.54) is 10.9 Å². The van der Waals surface area contributed by atoms with Gasteiger partial charge in [-0.25, -0.2) is 14.3 Å². The van der Waals surface area contributed by atoms with Crippen LogP contribution in [0.2, 0.25) is 5.02 Å². The minimum atomic E-state index is -0.668. The molecule has 0 spiro atoms. The van der Waals surface area contributed by atoms with E-state index in [1.807, 2.05) is 0 Å². The second kappa shape index (κ2) is 7.09. The first kappa shape index (κ1) is 16.0. The second-order valence-corrected chi connectivity index (χ2v) is 4.69. The SMILES string of the molecule is CCOC(=O)c1cn(-c2ccc(Cl)cc2)nc1C(=O)OCC. The first-order valence-electron chi connectivity index (χ1n) is 6.76. The molecule has 0 fully saturated rings. The Kier molecular flexibility index (Phi) is 5.16. The fraction of sp³-hybridized carbons (Fsp3) is 0.267. The average Bonchev–Trinajstić information content (AvgIpc) is 2.94. The van der Waals surface area contributed by atoms with E-state index in [0.717, 1.165) is 0 Å². The van der Waals surface area contributed by atoms with Crippen LogP contribution in [0.5, 0.6) is 0 Å². The number of halogens is 1. The number of rotatable bonds is 5. The number of hydrogen-bond donors (Lipinski definition) is 0. The van der Waals surface area contributed by atoms with E-state index >= 15 is 0 Å². The van der Waals surface area contributed by atoms with Crippen molar-refractivity contribution in [2.45, 2.75) is 13.8 Å². The van der Waals surface area contributed by atoms with Crippen molar-refractivity contribution < 1.29 is 19.1 Å². The predicted octanol–water partition coefficient (Wildman–Crippen LogP) is 2.88. The van der Waals surface area contributed by atoms with Gasteiger partial charge in [-0.3, -0.25) is 0 Å². The number of benzene rings is 1. The van der Waals surface area contributed by atoms with Crippen molar-refractivity contribution in [2.75, 3.05) is 13.2 Å². The van der Waals surface area contributed by atoms with Gasteiger partial charge in [-0.2, -0.15) is 5.10 Å². The first-order valence-corrected chi connectivity index (χ1v) is 7.14. The Balaban J connectivity index is 2.44. The van der Waals surface area contributed by atoms with Gasteiger partial charge in [0.25, 0.3) is 0 Å². The van der Waals surface area contributed by atoms with Gasteiger partial charge in [0.05, 0.1) is 18.9 Å². The number of ether oxygens (including phenoxy) is 2. The quantitative estimate of drug-likeness (QED) is 0.792. The number of esters is 2. The normalized spacial score (nSPS) is 10.3. The number of hydrogen-bond acceptors (Lipinski definition) is 5. The van der Waals surface area contributed by atoms with Gasteiger partial charge >= 0.3 is 11.9 Å². The minimum Gasteiger partial charge on any atom is -0.462 e. The zero-order valence-corrected chi connectivity index (χ0v) is 13.0. The average molecular weight is 323 g/mol. The van der Waals surface area contributed by atoms with Crippen molar-refractivity contribution in [1.82, 2.24) is 9.78 Å². The van der Waals surface area contributed by atoms with E-state index in [1.54, 1.807) is 38.1 Å². The highest BCUT2D eigenvalue weighted by Crippen LogP contribution is 2.17. The Morgan fingerprint density at radius 3 is 2.27 bits per heavy atom. The molecule has 0 aliphatic carbocycles. The molecule has 116 valence electrons. The fourth-order valence-corrected chi connectivity index (χ4v) is 1.93. The third-order valence-electron chi connectivity index (χ3n) is 2.77. The molecule has 0 N–H and O–H groups in total. The maximum absolute atomic E-state index is 12.0. The summed E-state index contributed by atoms with van der Waals surface area (Å²) in [5.74, 6) is -1.29. The molecule has 22 heavy (non-hydrogen) atoms. The summed E-state index contributed by atoms with van der Waals surface area (Å²) in [6.45, 7) is 3.76. The predicted molar refractivity (Wildman–Crippen MR) is 80.5 cm³/mol. The third-order valence-corrected chi connectivity index (χ3v) is 3.02. The highest BCUT2D eigenvalue weighted by molar-refractivity contribution is 6.30. The molecule has 2 rings (SSSR count). The number of aromatic nitrogens is 2. The zero-order chi connectivity index (χ0) is 16.1. The molecule has 0 unspecified atom stereocenters. The van der Waals surface area contributed by atoms with Gasteiger partial charge in [0.15, 0.2) is 5.69 Å². The molecule has 0 bridgehead atoms. The minimum absolute atomic E-state index is 0.0650. The molecular weight excluding hydrogens is 308 g/mol. The fourth-order valence-electron chi connectivity index (χ4n) is 1.81. The smallest absolute Gasteiger partial charge is 0.359 e. The topological polar surface area (TPSA) is 70.4 Å². The molecule has 1 heterocycles. The van der Waals surface area contributed by atoms with E-state index < -0.39 is 11.9 Å². The molecule has 0 aliphatic rings. The number of carbonyl (C=O) groups is 2. The largest absolute Gasteiger partial charge is 0.462 e. The van der Waals surface area contributed by atoms with Gasteiger partial charge < -0.3 is 9.47 Å². The third kappa shape index (κ3) is 3.46. The molecule has 0 aliphatic heterocycles. The summed E-state index contributed by atoms with van der Waals surface area (Å²) < 4.78 is 11.3. The van der Waals surface area contributed by atoms with Gasteiger partial charge in [0, 0.05) is 11.2 Å². The van der Waals surface area contributed by atoms with Crippen LogP contribution in [0.1, 0.15) is 34.7 Å². The van der Waals surface area contributed by atoms with Gasteiger partial charge in [-0.15, -0.1) is 0 Å². The number of nitrogens with zero attached hydrogens (tertiary/aromatic N) is 2. The van der Waals surface area contributed by atoms with Crippen LogP contribution in [0, 0.1) is 0 Å². The van der Waals surface area contributed by atoms with Crippen molar-refractivity contribution in [2.24, 2.45) is 0 Å². The Hall–Kier alpha value is -2.34. The van der Waals surface area contributed by atoms with E-state index in [0.29, 0.717) is 10.7 Å². The maximum Gasteiger partial charge on any atom is 0.359 e. The summed E-state index contributed by atoms with van der Waals surface area (Å²) in [5, 5.41) is 4.71. The van der Waals surface area contributed by atoms with Gasteiger partial charge in [0.1, 0.15) is 5.56 Å². The molecule has 0 amide bonds. The summed E-state index contributed by atoms with van der Waals surface area (Å²) in [6.07, 6.45) is 1.44. The maximum atomic E-state index is 12.0. The lowest BCUT2D eigenvalue weighted by Crippen LogP contribution is -2.13. The van der Waals surface area contributed by atoms with Gasteiger partial charge in [-0.05, 0) is 38.1 Å². The summed E-state index contributed by atoms with van der Waals surface area (Å²) in [7, 11) is 0. The van der Waals surface area contributed by atoms with Crippen LogP contribution in [-0.2, 0) is 9.47 Å². The molecule has 7 heteroatoms. The molecule has 1 aromatic carbocycles. The standard InChI is InChI=1S/C15H15ClN2O4/c1-3-21-14(19)12-9-18(11-7-5-10(16)6-8-11)17-13(12)15(20)22-4-2/h5-9H,3-4H2,1-2H3. The van der Waals surface area contributed by atoms with Crippen molar-refractivity contribution in [1.29, 1.82) is 0 Å². The van der Waals surface area contributed by atoms with Crippen molar-refractivity contribution in [3.05, 3.63) is 46.7 Å². The van der Waals surface area contributed by atoms with Crippen LogP contribution < -0.4 is 0 Å². The van der Waals surface area contributed by atoms with Crippen molar-refractivity contribution >= 4 is 23.5 Å². The second-order valence-electron chi connectivity index (χ2n) is 4.25. The van der Waals surface area contributed by atoms with Crippen LogP contribution in [0.4, 0.5) is 0 Å². The summed E-state index contributed by atoms with van der Waals surface area (Å²) in [4.78, 5) is 23.9. The van der Waals surface area contributed by atoms with E-state index in [4.69, 9.17) is 21.1 Å². The van der Waals surface area contributed by atoms with Crippen LogP contribution in [-0.4, -0.2) is 34.9 Å². The van der Waals surface area contributed by atoms with Crippen LogP contribution in [0.25, 0.3) is 5.69 Å². The Morgan fingerprint density at radius 1 is 1.09 bits per heavy atom. The monoisotopic (exact) mass is 322 g/mol. The molecule has 2 aromatic rings. The van der Waals surface area contributed by atoms with Crippen molar-refractivity contribution in [3.63, 3.8) is 0 Å². The molecule has 0 saturated heterocycles.